The van der Waals surface area contributed by atoms with E-state index in [1.54, 1.807) is 35.2 Å². The van der Waals surface area contributed by atoms with E-state index >= 15 is 0 Å². The van der Waals surface area contributed by atoms with Gasteiger partial charge in [0.05, 0.1) is 37.3 Å². The van der Waals surface area contributed by atoms with Crippen molar-refractivity contribution in [2.75, 3.05) is 63.4 Å². The van der Waals surface area contributed by atoms with E-state index in [0.29, 0.717) is 48.1 Å². The molecule has 4 rings (SSSR count). The van der Waals surface area contributed by atoms with Gasteiger partial charge in [-0.2, -0.15) is 5.10 Å². The average Bonchev–Trinajstić information content (AvgIpc) is 2.90. The zero-order valence-electron chi connectivity index (χ0n) is 19.6. The molecule has 2 aliphatic rings. The maximum Gasteiger partial charge on any atom is 0.337 e. The van der Waals surface area contributed by atoms with Gasteiger partial charge in [0, 0.05) is 38.1 Å². The highest BCUT2D eigenvalue weighted by atomic mass is 16.5. The van der Waals surface area contributed by atoms with Crippen LogP contribution in [0.4, 0.5) is 11.4 Å². The van der Waals surface area contributed by atoms with Crippen LogP contribution in [-0.4, -0.2) is 76.1 Å². The number of hydrogen-bond donors (Lipinski definition) is 2. The fourth-order valence-electron chi connectivity index (χ4n) is 3.85. The summed E-state index contributed by atoms with van der Waals surface area (Å²) in [6, 6.07) is 12.3. The lowest BCUT2D eigenvalue weighted by molar-refractivity contribution is -0.121. The minimum atomic E-state index is -0.421. The fourth-order valence-corrected chi connectivity index (χ4v) is 3.85. The summed E-state index contributed by atoms with van der Waals surface area (Å²) in [6.07, 6.45) is 3.18. The summed E-state index contributed by atoms with van der Waals surface area (Å²) in [6.45, 7) is 4.51. The third kappa shape index (κ3) is 6.17. The number of anilines is 2. The number of nitrogens with two attached hydrogens (primary N) is 1. The Balaban J connectivity index is 1.43. The van der Waals surface area contributed by atoms with E-state index in [2.05, 4.69) is 15.4 Å². The van der Waals surface area contributed by atoms with Gasteiger partial charge in [-0.15, -0.1) is 0 Å². The minimum Gasteiger partial charge on any atom is -0.482 e. The molecule has 2 heterocycles. The number of nitrogens with zero attached hydrogens (tertiary/aromatic N) is 3. The monoisotopic (exact) mass is 479 g/mol. The van der Waals surface area contributed by atoms with Crippen LogP contribution in [0, 0.1) is 0 Å². The van der Waals surface area contributed by atoms with Crippen molar-refractivity contribution >= 4 is 35.2 Å². The van der Waals surface area contributed by atoms with E-state index < -0.39 is 5.97 Å². The lowest BCUT2D eigenvalue weighted by Gasteiger charge is -2.33. The standard InChI is InChI=1S/C25H29N5O5/c1-33-25(32)19-3-2-4-20(15-19)28-27-8-7-21(26)18-5-6-23-22(16-18)30(24(31)17-35-23)10-9-29-11-13-34-14-12-29/h2-8,15-16,28H,9-14,17,26H2,1H3. The van der Waals surface area contributed by atoms with Gasteiger partial charge in [0.1, 0.15) is 5.75 Å². The second-order valence-electron chi connectivity index (χ2n) is 8.05. The van der Waals surface area contributed by atoms with E-state index in [-0.39, 0.29) is 12.5 Å². The summed E-state index contributed by atoms with van der Waals surface area (Å²) in [7, 11) is 1.33. The summed E-state index contributed by atoms with van der Waals surface area (Å²) < 4.78 is 15.7. The van der Waals surface area contributed by atoms with Crippen molar-refractivity contribution in [2.45, 2.75) is 0 Å². The first-order chi connectivity index (χ1) is 17.0. The number of amides is 1. The predicted octanol–water partition coefficient (Wildman–Crippen LogP) is 1.93. The maximum atomic E-state index is 12.6. The van der Waals surface area contributed by atoms with Crippen molar-refractivity contribution in [3.05, 3.63) is 59.7 Å². The number of hydrogen-bond acceptors (Lipinski definition) is 9. The number of ether oxygens (including phenoxy) is 3. The van der Waals surface area contributed by atoms with Gasteiger partial charge < -0.3 is 24.8 Å². The van der Waals surface area contributed by atoms with Crippen LogP contribution in [-0.2, 0) is 14.3 Å². The van der Waals surface area contributed by atoms with Crippen LogP contribution in [0.3, 0.4) is 0 Å². The number of hydrazone groups is 1. The number of esters is 1. The number of carbonyl (C=O) groups is 2. The van der Waals surface area contributed by atoms with Gasteiger partial charge in [-0.25, -0.2) is 4.79 Å². The first kappa shape index (κ1) is 24.2. The lowest BCUT2D eigenvalue weighted by atomic mass is 10.1. The Morgan fingerprint density at radius 2 is 2.00 bits per heavy atom. The van der Waals surface area contributed by atoms with Crippen molar-refractivity contribution in [2.24, 2.45) is 10.8 Å². The molecular formula is C25H29N5O5. The molecule has 10 nitrogen and oxygen atoms in total. The Kier molecular flexibility index (Phi) is 7.96. The Labute approximate surface area is 203 Å². The summed E-state index contributed by atoms with van der Waals surface area (Å²) in [4.78, 5) is 28.3. The number of benzene rings is 2. The van der Waals surface area contributed by atoms with Gasteiger partial charge in [0.25, 0.3) is 5.91 Å². The zero-order valence-corrected chi connectivity index (χ0v) is 19.6. The van der Waals surface area contributed by atoms with Gasteiger partial charge in [0.15, 0.2) is 6.61 Å². The van der Waals surface area contributed by atoms with E-state index in [0.717, 1.165) is 25.2 Å². The molecule has 1 amide bonds. The van der Waals surface area contributed by atoms with Gasteiger partial charge in [-0.1, -0.05) is 6.07 Å². The predicted molar refractivity (Wildman–Crippen MR) is 134 cm³/mol. The average molecular weight is 480 g/mol. The number of carbonyl (C=O) groups excluding carboxylic acids is 2. The normalized spacial score (nSPS) is 16.7. The van der Waals surface area contributed by atoms with E-state index in [1.807, 2.05) is 18.2 Å². The van der Waals surface area contributed by atoms with Crippen LogP contribution in [0.2, 0.25) is 0 Å². The van der Waals surface area contributed by atoms with Gasteiger partial charge in [-0.3, -0.25) is 15.1 Å². The Morgan fingerprint density at radius 3 is 2.80 bits per heavy atom. The zero-order chi connectivity index (χ0) is 24.6. The SMILES string of the molecule is COC(=O)c1cccc(NN=CC=C(N)c2ccc3c(c2)N(CCN2CCOCC2)C(=O)CO3)c1. The molecule has 0 saturated carbocycles. The third-order valence-electron chi connectivity index (χ3n) is 5.78. The molecule has 0 atom stereocenters. The number of fused-ring (bicyclic) bond motifs is 1. The fraction of sp³-hybridized carbons (Fsp3) is 0.320. The molecule has 0 bridgehead atoms. The quantitative estimate of drug-likeness (QED) is 0.335. The summed E-state index contributed by atoms with van der Waals surface area (Å²) in [5.41, 5.74) is 12.1. The Morgan fingerprint density at radius 1 is 1.17 bits per heavy atom. The van der Waals surface area contributed by atoms with Crippen molar-refractivity contribution in [3.63, 3.8) is 0 Å². The molecular weight excluding hydrogens is 450 g/mol. The number of allylic oxidation sites excluding steroid dienone is 1. The van der Waals surface area contributed by atoms with Crippen LogP contribution in [0.15, 0.2) is 53.6 Å². The van der Waals surface area contributed by atoms with E-state index in [4.69, 9.17) is 19.9 Å². The lowest BCUT2D eigenvalue weighted by Crippen LogP contribution is -2.46. The third-order valence-corrected chi connectivity index (χ3v) is 5.78. The molecule has 1 saturated heterocycles. The number of nitrogens with one attached hydrogen (secondary N) is 1. The number of rotatable bonds is 8. The minimum absolute atomic E-state index is 0.0241. The topological polar surface area (TPSA) is 119 Å². The number of morpholine rings is 1. The van der Waals surface area contributed by atoms with Crippen molar-refractivity contribution < 1.29 is 23.8 Å². The molecule has 2 aromatic carbocycles. The van der Waals surface area contributed by atoms with Crippen molar-refractivity contribution in [1.82, 2.24) is 4.90 Å². The van der Waals surface area contributed by atoms with Crippen LogP contribution in [0.25, 0.3) is 5.70 Å². The van der Waals surface area contributed by atoms with Crippen molar-refractivity contribution in [3.8, 4) is 5.75 Å². The molecule has 2 aromatic rings. The first-order valence-corrected chi connectivity index (χ1v) is 11.4. The smallest absolute Gasteiger partial charge is 0.337 e. The van der Waals surface area contributed by atoms with Crippen LogP contribution >= 0.6 is 0 Å². The van der Waals surface area contributed by atoms with Crippen molar-refractivity contribution in [1.29, 1.82) is 0 Å². The Bertz CT molecular complexity index is 1130. The van der Waals surface area contributed by atoms with Gasteiger partial charge in [-0.05, 0) is 48.0 Å². The molecule has 10 heteroatoms. The Hall–Kier alpha value is -3.89. The van der Waals surface area contributed by atoms with E-state index in [9.17, 15) is 9.59 Å². The highest BCUT2D eigenvalue weighted by Gasteiger charge is 2.26. The molecule has 0 aromatic heterocycles. The second kappa shape index (κ2) is 11.5. The molecule has 0 spiro atoms. The molecule has 3 N–H and O–H groups in total. The molecule has 184 valence electrons. The molecule has 35 heavy (non-hydrogen) atoms. The largest absolute Gasteiger partial charge is 0.482 e. The highest BCUT2D eigenvalue weighted by molar-refractivity contribution is 5.98. The molecule has 2 aliphatic heterocycles. The molecule has 0 aliphatic carbocycles. The summed E-state index contributed by atoms with van der Waals surface area (Å²) in [5, 5.41) is 4.14. The summed E-state index contributed by atoms with van der Waals surface area (Å²) in [5.74, 6) is 0.157. The van der Waals surface area contributed by atoms with Gasteiger partial charge in [0.2, 0.25) is 0 Å². The number of methoxy groups -OCH3 is 1. The van der Waals surface area contributed by atoms with Gasteiger partial charge >= 0.3 is 5.97 Å². The molecule has 0 unspecified atom stereocenters. The first-order valence-electron chi connectivity index (χ1n) is 11.4. The molecule has 0 radical (unpaired) electrons. The van der Waals surface area contributed by atoms with Crippen LogP contribution < -0.4 is 20.8 Å². The van der Waals surface area contributed by atoms with Crippen LogP contribution in [0.5, 0.6) is 5.75 Å². The molecule has 1 fully saturated rings. The van der Waals surface area contributed by atoms with E-state index in [1.165, 1.54) is 13.3 Å². The highest BCUT2D eigenvalue weighted by Crippen LogP contribution is 2.34. The second-order valence-corrected chi connectivity index (χ2v) is 8.05. The summed E-state index contributed by atoms with van der Waals surface area (Å²) >= 11 is 0. The van der Waals surface area contributed by atoms with Crippen LogP contribution in [0.1, 0.15) is 15.9 Å². The maximum absolute atomic E-state index is 12.6.